The quantitative estimate of drug-likeness (QED) is 0.574. The smallest absolute Gasteiger partial charge is 0.313 e. The molecule has 2 saturated carbocycles. The van der Waals surface area contributed by atoms with E-state index in [0.29, 0.717) is 0 Å². The highest BCUT2D eigenvalue weighted by molar-refractivity contribution is 7.79. The Morgan fingerprint density at radius 1 is 0.619 bits per heavy atom. The van der Waals surface area contributed by atoms with Gasteiger partial charge >= 0.3 is 6.95 Å². The Morgan fingerprint density at radius 3 is 1.05 bits per heavy atom. The van der Waals surface area contributed by atoms with Crippen molar-refractivity contribution in [1.82, 2.24) is 0 Å². The molecule has 2 fully saturated rings. The molecule has 0 atom stereocenters. The van der Waals surface area contributed by atoms with Crippen LogP contribution in [-0.4, -0.2) is 9.79 Å². The van der Waals surface area contributed by atoms with Gasteiger partial charge in [0.2, 0.25) is 0 Å². The summed E-state index contributed by atoms with van der Waals surface area (Å²) in [5.41, 5.74) is 0. The SMILES string of the molecule is C1CCCC(C2CCCCCCC2)CCC1.O=P(O)(O)Cl. The van der Waals surface area contributed by atoms with Gasteiger partial charge in [-0.3, -0.25) is 0 Å². The third-order valence-corrected chi connectivity index (χ3v) is 4.97. The van der Waals surface area contributed by atoms with Crippen LogP contribution in [0.1, 0.15) is 89.9 Å². The van der Waals surface area contributed by atoms with Crippen LogP contribution in [0.5, 0.6) is 0 Å². The van der Waals surface area contributed by atoms with Gasteiger partial charge < -0.3 is 9.79 Å². The van der Waals surface area contributed by atoms with Crippen LogP contribution >= 0.6 is 18.2 Å². The van der Waals surface area contributed by atoms with Gasteiger partial charge in [0.05, 0.1) is 0 Å². The van der Waals surface area contributed by atoms with Crippen molar-refractivity contribution in [2.24, 2.45) is 11.8 Å². The van der Waals surface area contributed by atoms with Crippen LogP contribution in [0, 0.1) is 11.8 Å². The lowest BCUT2D eigenvalue weighted by atomic mass is 9.76. The number of halogens is 1. The van der Waals surface area contributed by atoms with Crippen LogP contribution in [0.2, 0.25) is 0 Å². The zero-order valence-electron chi connectivity index (χ0n) is 13.2. The molecule has 0 saturated heterocycles. The summed E-state index contributed by atoms with van der Waals surface area (Å²) in [4.78, 5) is 14.8. The van der Waals surface area contributed by atoms with Crippen LogP contribution < -0.4 is 0 Å². The molecule has 0 heterocycles. The van der Waals surface area contributed by atoms with Crippen LogP contribution in [0.15, 0.2) is 0 Å². The number of hydrogen-bond donors (Lipinski definition) is 2. The van der Waals surface area contributed by atoms with Gasteiger partial charge in [-0.2, -0.15) is 0 Å². The molecule has 2 N–H and O–H groups in total. The monoisotopic (exact) mass is 338 g/mol. The first-order chi connectivity index (χ1) is 9.97. The molecule has 5 heteroatoms. The number of rotatable bonds is 1. The van der Waals surface area contributed by atoms with Crippen molar-refractivity contribution in [3.05, 3.63) is 0 Å². The highest BCUT2D eigenvalue weighted by Gasteiger charge is 2.22. The topological polar surface area (TPSA) is 57.5 Å². The maximum absolute atomic E-state index is 9.09. The second-order valence-corrected chi connectivity index (χ2v) is 8.95. The van der Waals surface area contributed by atoms with E-state index in [1.807, 2.05) is 0 Å². The molecular weight excluding hydrogens is 307 g/mol. The Balaban J connectivity index is 0.000000383. The summed E-state index contributed by atoms with van der Waals surface area (Å²) in [6, 6.07) is 0. The first-order valence-electron chi connectivity index (χ1n) is 8.72. The maximum atomic E-state index is 9.09. The zero-order chi connectivity index (χ0) is 15.6. The second kappa shape index (κ2) is 11.0. The minimum atomic E-state index is -4.17. The zero-order valence-corrected chi connectivity index (χ0v) is 14.8. The molecule has 0 aromatic heterocycles. The van der Waals surface area contributed by atoms with E-state index in [1.54, 1.807) is 25.7 Å². The van der Waals surface area contributed by atoms with E-state index in [1.165, 1.54) is 64.2 Å². The Labute approximate surface area is 134 Å². The lowest BCUT2D eigenvalue weighted by molar-refractivity contribution is 0.221. The summed E-state index contributed by atoms with van der Waals surface area (Å²) in [7, 11) is 0. The summed E-state index contributed by atoms with van der Waals surface area (Å²) >= 11 is 4.20. The fourth-order valence-electron chi connectivity index (χ4n) is 3.92. The molecule has 0 spiro atoms. The summed E-state index contributed by atoms with van der Waals surface area (Å²) in [6.07, 6.45) is 21.4. The first-order valence-corrected chi connectivity index (χ1v) is 11.2. The predicted octanol–water partition coefficient (Wildman–Crippen LogP) is 6.03. The minimum absolute atomic E-state index is 1.11. The van der Waals surface area contributed by atoms with Gasteiger partial charge in [-0.05, 0) is 11.8 Å². The molecule has 21 heavy (non-hydrogen) atoms. The molecule has 2 aliphatic rings. The minimum Gasteiger partial charge on any atom is -0.313 e. The average molecular weight is 339 g/mol. The van der Waals surface area contributed by atoms with Crippen molar-refractivity contribution in [3.63, 3.8) is 0 Å². The molecular formula is C16H32ClO3P. The van der Waals surface area contributed by atoms with Crippen LogP contribution in [-0.2, 0) is 4.57 Å². The Bertz CT molecular complexity index is 262. The van der Waals surface area contributed by atoms with E-state index in [4.69, 9.17) is 14.4 Å². The van der Waals surface area contributed by atoms with Crippen molar-refractivity contribution in [1.29, 1.82) is 0 Å². The van der Waals surface area contributed by atoms with Gasteiger partial charge in [-0.1, -0.05) is 89.9 Å². The molecule has 126 valence electrons. The second-order valence-electron chi connectivity index (χ2n) is 6.68. The highest BCUT2D eigenvalue weighted by Crippen LogP contribution is 2.40. The molecule has 2 aliphatic carbocycles. The van der Waals surface area contributed by atoms with Crippen LogP contribution in [0.25, 0.3) is 0 Å². The van der Waals surface area contributed by atoms with E-state index in [9.17, 15) is 0 Å². The fraction of sp³-hybridized carbons (Fsp3) is 1.00. The van der Waals surface area contributed by atoms with E-state index >= 15 is 0 Å². The first kappa shape index (κ1) is 19.5. The number of hydrogen-bond acceptors (Lipinski definition) is 1. The van der Waals surface area contributed by atoms with Gasteiger partial charge in [0, 0.05) is 11.2 Å². The molecule has 3 nitrogen and oxygen atoms in total. The lowest BCUT2D eigenvalue weighted by Gasteiger charge is -2.30. The molecule has 0 aliphatic heterocycles. The molecule has 2 rings (SSSR count). The summed E-state index contributed by atoms with van der Waals surface area (Å²) < 4.78 is 9.09. The molecule has 0 aromatic carbocycles. The van der Waals surface area contributed by atoms with E-state index in [0.717, 1.165) is 11.8 Å². The third kappa shape index (κ3) is 11.6. The molecule has 0 amide bonds. The van der Waals surface area contributed by atoms with Crippen molar-refractivity contribution < 1.29 is 14.4 Å². The summed E-state index contributed by atoms with van der Waals surface area (Å²) in [5, 5.41) is 0. The van der Waals surface area contributed by atoms with E-state index in [-0.39, 0.29) is 0 Å². The maximum Gasteiger partial charge on any atom is 0.419 e. The van der Waals surface area contributed by atoms with Crippen molar-refractivity contribution in [3.8, 4) is 0 Å². The van der Waals surface area contributed by atoms with Gasteiger partial charge in [-0.15, -0.1) is 0 Å². The van der Waals surface area contributed by atoms with E-state index < -0.39 is 6.95 Å². The van der Waals surface area contributed by atoms with Crippen molar-refractivity contribution >= 4 is 18.2 Å². The van der Waals surface area contributed by atoms with Gasteiger partial charge in [0.15, 0.2) is 0 Å². The fourth-order valence-corrected chi connectivity index (χ4v) is 3.92. The normalized spacial score (nSPS) is 24.0. The third-order valence-electron chi connectivity index (χ3n) is 4.97. The van der Waals surface area contributed by atoms with Crippen LogP contribution in [0.3, 0.4) is 0 Å². The predicted molar refractivity (Wildman–Crippen MR) is 89.5 cm³/mol. The van der Waals surface area contributed by atoms with Crippen LogP contribution in [0.4, 0.5) is 0 Å². The lowest BCUT2D eigenvalue weighted by Crippen LogP contribution is -2.17. The largest absolute Gasteiger partial charge is 0.419 e. The van der Waals surface area contributed by atoms with E-state index in [2.05, 4.69) is 11.2 Å². The van der Waals surface area contributed by atoms with Crippen molar-refractivity contribution in [2.75, 3.05) is 0 Å². The molecule has 0 aromatic rings. The van der Waals surface area contributed by atoms with Gasteiger partial charge in [0.25, 0.3) is 0 Å². The van der Waals surface area contributed by atoms with Gasteiger partial charge in [-0.25, -0.2) is 4.57 Å². The summed E-state index contributed by atoms with van der Waals surface area (Å²) in [5.74, 6) is 2.22. The Morgan fingerprint density at radius 2 is 0.810 bits per heavy atom. The summed E-state index contributed by atoms with van der Waals surface area (Å²) in [6.45, 7) is -4.17. The van der Waals surface area contributed by atoms with Gasteiger partial charge in [0.1, 0.15) is 0 Å². The highest BCUT2D eigenvalue weighted by atomic mass is 35.7. The molecule has 0 unspecified atom stereocenters. The Hall–Kier alpha value is 0.440. The average Bonchev–Trinajstić information content (AvgIpc) is 2.27. The standard InChI is InChI=1S/C16H30.ClH2O3P/c1-3-7-11-15(12-8-4-1)16-13-9-5-2-6-10-14-16;1-5(2,3)4/h15-16H,1-14H2;(H2,2,3,4). The Kier molecular flexibility index (Phi) is 10.3. The molecule has 0 radical (unpaired) electrons. The van der Waals surface area contributed by atoms with Crippen molar-refractivity contribution in [2.45, 2.75) is 89.9 Å². The molecule has 0 bridgehead atoms.